The van der Waals surface area contributed by atoms with Crippen molar-refractivity contribution in [2.45, 2.75) is 19.8 Å². The maximum absolute atomic E-state index is 12.7. The number of allylic oxidation sites excluding steroid dienone is 2. The van der Waals surface area contributed by atoms with E-state index in [0.717, 1.165) is 23.4 Å². The molecule has 1 saturated heterocycles. The molecule has 5 nitrogen and oxygen atoms in total. The van der Waals surface area contributed by atoms with Crippen LogP contribution < -0.4 is 5.32 Å². The number of carbonyl (C=O) groups excluding carboxylic acids is 2. The smallest absolute Gasteiger partial charge is 0.266 e. The highest BCUT2D eigenvalue weighted by atomic mass is 32.2. The molecule has 8 heteroatoms. The molecule has 2 amide bonds. The van der Waals surface area contributed by atoms with Gasteiger partial charge in [0.25, 0.3) is 5.91 Å². The van der Waals surface area contributed by atoms with Crippen LogP contribution in [0.15, 0.2) is 51.9 Å². The molecule has 1 aromatic carbocycles. The molecular formula is C20H21N3O2S3. The monoisotopic (exact) mass is 431 g/mol. The number of nitrogens with one attached hydrogen (secondary N) is 1. The average Bonchev–Trinajstić information content (AvgIpc) is 3.26. The number of thioether (sulfide) groups is 2. The second-order valence-electron chi connectivity index (χ2n) is 6.32. The number of thiocarbonyl (C=S) groups is 1. The summed E-state index contributed by atoms with van der Waals surface area (Å²) in [7, 11) is 0. The van der Waals surface area contributed by atoms with Crippen LogP contribution in [0, 0.1) is 0 Å². The minimum atomic E-state index is -0.0908. The van der Waals surface area contributed by atoms with Crippen LogP contribution in [0.3, 0.4) is 0 Å². The van der Waals surface area contributed by atoms with E-state index in [1.165, 1.54) is 11.8 Å². The van der Waals surface area contributed by atoms with E-state index in [4.69, 9.17) is 12.2 Å². The van der Waals surface area contributed by atoms with Gasteiger partial charge in [-0.2, -0.15) is 0 Å². The van der Waals surface area contributed by atoms with Gasteiger partial charge in [0.2, 0.25) is 5.91 Å². The van der Waals surface area contributed by atoms with Crippen molar-refractivity contribution in [1.82, 2.24) is 10.2 Å². The number of rotatable bonds is 6. The number of hydrogen-bond donors (Lipinski definition) is 1. The fourth-order valence-corrected chi connectivity index (χ4v) is 4.85. The Balaban J connectivity index is 1.53. The minimum absolute atomic E-state index is 0.0734. The second-order valence-corrected chi connectivity index (χ2v) is 9.08. The van der Waals surface area contributed by atoms with E-state index in [-0.39, 0.29) is 11.8 Å². The minimum Gasteiger partial charge on any atom is -0.305 e. The van der Waals surface area contributed by atoms with Crippen LogP contribution in [-0.2, 0) is 9.59 Å². The molecule has 1 N–H and O–H groups in total. The summed E-state index contributed by atoms with van der Waals surface area (Å²) in [5.74, 6) is 0.749. The molecule has 146 valence electrons. The first-order valence-corrected chi connectivity index (χ1v) is 11.2. The number of benzene rings is 1. The Hall–Kier alpha value is -1.90. The Bertz CT molecular complexity index is 863. The lowest BCUT2D eigenvalue weighted by molar-refractivity contribution is -0.123. The summed E-state index contributed by atoms with van der Waals surface area (Å²) in [6.45, 7) is 3.16. The van der Waals surface area contributed by atoms with Crippen LogP contribution in [0.4, 0.5) is 0 Å². The first-order chi connectivity index (χ1) is 13.5. The van der Waals surface area contributed by atoms with Crippen molar-refractivity contribution in [1.29, 1.82) is 0 Å². The zero-order valence-corrected chi connectivity index (χ0v) is 18.0. The molecule has 2 aliphatic rings. The summed E-state index contributed by atoms with van der Waals surface area (Å²) < 4.78 is 0.542. The van der Waals surface area contributed by atoms with E-state index in [0.29, 0.717) is 33.8 Å². The Morgan fingerprint density at radius 2 is 2.14 bits per heavy atom. The summed E-state index contributed by atoms with van der Waals surface area (Å²) in [5.41, 5.74) is 2.07. The molecule has 28 heavy (non-hydrogen) atoms. The second kappa shape index (κ2) is 10.0. The van der Waals surface area contributed by atoms with Gasteiger partial charge in [0, 0.05) is 18.7 Å². The van der Waals surface area contributed by atoms with Crippen LogP contribution in [0.5, 0.6) is 0 Å². The van der Waals surface area contributed by atoms with Crippen LogP contribution in [-0.4, -0.2) is 45.0 Å². The zero-order valence-electron chi connectivity index (χ0n) is 15.5. The van der Waals surface area contributed by atoms with Gasteiger partial charge >= 0.3 is 0 Å². The molecule has 0 saturated carbocycles. The third kappa shape index (κ3) is 5.80. The first kappa shape index (κ1) is 20.8. The van der Waals surface area contributed by atoms with E-state index >= 15 is 0 Å². The Morgan fingerprint density at radius 1 is 1.36 bits per heavy atom. The quantitative estimate of drug-likeness (QED) is 0.548. The van der Waals surface area contributed by atoms with Crippen molar-refractivity contribution in [2.24, 2.45) is 4.99 Å². The average molecular weight is 432 g/mol. The number of amides is 2. The Labute approximate surface area is 178 Å². The number of amidine groups is 1. The van der Waals surface area contributed by atoms with Crippen molar-refractivity contribution < 1.29 is 9.59 Å². The highest BCUT2D eigenvalue weighted by Crippen LogP contribution is 2.32. The molecule has 2 heterocycles. The SMILES string of the molecule is CC(/C=C1\SC(=S)N(CCCC(=O)NC2=NCCS2)C1=O)=C\c1ccccc1. The topological polar surface area (TPSA) is 61.8 Å². The normalized spacial score (nSPS) is 18.8. The van der Waals surface area contributed by atoms with Gasteiger partial charge in [-0.25, -0.2) is 0 Å². The van der Waals surface area contributed by atoms with Gasteiger partial charge in [-0.3, -0.25) is 19.5 Å². The summed E-state index contributed by atoms with van der Waals surface area (Å²) in [6.07, 6.45) is 4.79. The summed E-state index contributed by atoms with van der Waals surface area (Å²) in [6, 6.07) is 9.96. The molecule has 1 aromatic rings. The molecule has 0 aromatic heterocycles. The molecular weight excluding hydrogens is 410 g/mol. The Kier molecular flexibility index (Phi) is 7.47. The molecule has 0 radical (unpaired) electrons. The lowest BCUT2D eigenvalue weighted by Crippen LogP contribution is -2.31. The van der Waals surface area contributed by atoms with Gasteiger partial charge in [0.15, 0.2) is 5.17 Å². The largest absolute Gasteiger partial charge is 0.305 e. The number of hydrogen-bond acceptors (Lipinski definition) is 6. The van der Waals surface area contributed by atoms with Gasteiger partial charge in [-0.05, 0) is 30.6 Å². The fourth-order valence-electron chi connectivity index (χ4n) is 2.74. The number of nitrogens with zero attached hydrogens (tertiary/aromatic N) is 2. The summed E-state index contributed by atoms with van der Waals surface area (Å²) >= 11 is 8.22. The lowest BCUT2D eigenvalue weighted by atomic mass is 10.1. The van der Waals surface area contributed by atoms with Crippen LogP contribution >= 0.6 is 35.7 Å². The number of aliphatic imine (C=N–C) groups is 1. The van der Waals surface area contributed by atoms with Crippen molar-refractivity contribution in [3.05, 3.63) is 52.4 Å². The van der Waals surface area contributed by atoms with E-state index in [9.17, 15) is 9.59 Å². The standard InChI is InChI=1S/C20H21N3O2S3/c1-14(12-15-6-3-2-4-7-15)13-16-18(25)23(20(26)28-16)10-5-8-17(24)22-19-21-9-11-27-19/h2-4,6-7,12-13H,5,8-11H2,1H3,(H,21,22,24)/b14-12+,16-13-. The Morgan fingerprint density at radius 3 is 2.86 bits per heavy atom. The molecule has 0 unspecified atom stereocenters. The van der Waals surface area contributed by atoms with Gasteiger partial charge < -0.3 is 5.32 Å². The van der Waals surface area contributed by atoms with Gasteiger partial charge in [0.1, 0.15) is 4.32 Å². The zero-order chi connectivity index (χ0) is 19.9. The van der Waals surface area contributed by atoms with E-state index in [1.54, 1.807) is 16.7 Å². The van der Waals surface area contributed by atoms with Gasteiger partial charge in [-0.1, -0.05) is 72.1 Å². The molecule has 0 spiro atoms. The van der Waals surface area contributed by atoms with Crippen molar-refractivity contribution in [3.63, 3.8) is 0 Å². The molecule has 0 bridgehead atoms. The summed E-state index contributed by atoms with van der Waals surface area (Å²) in [5, 5.41) is 3.49. The molecule has 3 rings (SSSR count). The molecule has 1 fully saturated rings. The highest BCUT2D eigenvalue weighted by Gasteiger charge is 2.31. The van der Waals surface area contributed by atoms with E-state index in [2.05, 4.69) is 10.3 Å². The third-order valence-electron chi connectivity index (χ3n) is 4.04. The van der Waals surface area contributed by atoms with Crippen molar-refractivity contribution in [2.75, 3.05) is 18.8 Å². The van der Waals surface area contributed by atoms with Gasteiger partial charge in [0.05, 0.1) is 11.4 Å². The lowest BCUT2D eigenvalue weighted by Gasteiger charge is -2.14. The molecule has 0 aliphatic carbocycles. The molecule has 0 atom stereocenters. The predicted molar refractivity (Wildman–Crippen MR) is 122 cm³/mol. The van der Waals surface area contributed by atoms with Crippen molar-refractivity contribution in [3.8, 4) is 0 Å². The van der Waals surface area contributed by atoms with Gasteiger partial charge in [-0.15, -0.1) is 0 Å². The fraction of sp³-hybridized carbons (Fsp3) is 0.300. The maximum Gasteiger partial charge on any atom is 0.266 e. The van der Waals surface area contributed by atoms with Crippen LogP contribution in [0.25, 0.3) is 6.08 Å². The highest BCUT2D eigenvalue weighted by molar-refractivity contribution is 8.26. The predicted octanol–water partition coefficient (Wildman–Crippen LogP) is 3.83. The third-order valence-corrected chi connectivity index (χ3v) is 6.31. The van der Waals surface area contributed by atoms with E-state index < -0.39 is 0 Å². The van der Waals surface area contributed by atoms with Crippen LogP contribution in [0.2, 0.25) is 0 Å². The maximum atomic E-state index is 12.7. The van der Waals surface area contributed by atoms with E-state index in [1.807, 2.05) is 49.4 Å². The first-order valence-electron chi connectivity index (χ1n) is 8.99. The summed E-state index contributed by atoms with van der Waals surface area (Å²) in [4.78, 5) is 31.0. The van der Waals surface area contributed by atoms with Crippen LogP contribution in [0.1, 0.15) is 25.3 Å². The molecule has 2 aliphatic heterocycles. The number of carbonyl (C=O) groups is 2. The van der Waals surface area contributed by atoms with Crippen molar-refractivity contribution >= 4 is 63.1 Å².